The molecule has 0 atom stereocenters. The summed E-state index contributed by atoms with van der Waals surface area (Å²) in [7, 11) is 2.90. The molecule has 0 saturated heterocycles. The Hall–Kier alpha value is -3.56. The van der Waals surface area contributed by atoms with Crippen LogP contribution < -0.4 is 10.2 Å². The monoisotopic (exact) mass is 688 g/mol. The fraction of sp³-hybridized carbons (Fsp3) is 0.350. The zero-order chi connectivity index (χ0) is 35.4. The van der Waals surface area contributed by atoms with Crippen LogP contribution in [0.15, 0.2) is 119 Å². The fourth-order valence-electron chi connectivity index (χ4n) is 5.34. The van der Waals surface area contributed by atoms with E-state index in [0.717, 1.165) is 9.79 Å². The Kier molecular flexibility index (Phi) is 18.1. The molecule has 0 saturated carbocycles. The number of quaternary nitrogens is 2. The van der Waals surface area contributed by atoms with Crippen molar-refractivity contribution in [3.63, 3.8) is 0 Å². The smallest absolute Gasteiger partial charge is 0.104 e. The molecule has 0 spiro atoms. The molecule has 0 amide bonds. The van der Waals surface area contributed by atoms with Crippen molar-refractivity contribution in [2.45, 2.75) is 64.4 Å². The van der Waals surface area contributed by atoms with Crippen molar-refractivity contribution < 1.29 is 28.8 Å². The first-order valence-electron chi connectivity index (χ1n) is 16.8. The summed E-state index contributed by atoms with van der Waals surface area (Å²) in [6.07, 6.45) is 0. The van der Waals surface area contributed by atoms with Crippen molar-refractivity contribution in [1.29, 1.82) is 0 Å². The summed E-state index contributed by atoms with van der Waals surface area (Å²) in [6.45, 7) is 23.4. The minimum atomic E-state index is -1.20. The highest BCUT2D eigenvalue weighted by atomic mass is 33.1. The van der Waals surface area contributed by atoms with Gasteiger partial charge in [-0.1, -0.05) is 107 Å². The number of carbonyl (C=O) groups is 2. The average Bonchev–Trinajstić information content (AvgIpc) is 3.14. The lowest BCUT2D eigenvalue weighted by Gasteiger charge is -2.35. The normalized spacial score (nSPS) is 11.0. The Morgan fingerprint density at radius 3 is 0.958 bits per heavy atom. The molecule has 48 heavy (non-hydrogen) atoms. The van der Waals surface area contributed by atoms with Crippen LogP contribution in [-0.4, -0.2) is 60.2 Å². The van der Waals surface area contributed by atoms with E-state index in [1.54, 1.807) is 24.3 Å². The summed E-state index contributed by atoms with van der Waals surface area (Å²) < 4.78 is 2.40. The molecule has 0 unspecified atom stereocenters. The predicted molar refractivity (Wildman–Crippen MR) is 197 cm³/mol. The minimum absolute atomic E-state index is 0.137. The summed E-state index contributed by atoms with van der Waals surface area (Å²) in [6, 6.07) is 34.3. The first-order chi connectivity index (χ1) is 23.1. The van der Waals surface area contributed by atoms with Gasteiger partial charge < -0.3 is 28.8 Å². The maximum Gasteiger partial charge on any atom is 0.104 e. The largest absolute Gasteiger partial charge is 0.545 e. The van der Waals surface area contributed by atoms with Gasteiger partial charge in [-0.3, -0.25) is 0 Å². The van der Waals surface area contributed by atoms with Gasteiger partial charge in [0.25, 0.3) is 0 Å². The van der Waals surface area contributed by atoms with Gasteiger partial charge in [-0.25, -0.2) is 0 Å². The van der Waals surface area contributed by atoms with E-state index in [1.807, 2.05) is 0 Å². The Bertz CT molecular complexity index is 1340. The zero-order valence-electron chi connectivity index (χ0n) is 29.4. The highest BCUT2D eigenvalue weighted by Gasteiger charge is 2.21. The zero-order valence-corrected chi connectivity index (χ0v) is 31.0. The predicted octanol–water partition coefficient (Wildman–Crippen LogP) is 7.34. The van der Waals surface area contributed by atoms with Crippen LogP contribution in [0.25, 0.3) is 0 Å². The van der Waals surface area contributed by atoms with Gasteiger partial charge in [0, 0.05) is 20.9 Å². The lowest BCUT2D eigenvalue weighted by atomic mass is 10.2. The van der Waals surface area contributed by atoms with Crippen LogP contribution in [-0.2, 0) is 13.1 Å². The summed E-state index contributed by atoms with van der Waals surface area (Å²) in [5.74, 6) is -2.40. The number of hydrogen-bond acceptors (Lipinski definition) is 6. The topological polar surface area (TPSA) is 80.3 Å². The van der Waals surface area contributed by atoms with Gasteiger partial charge in [0.2, 0.25) is 0 Å². The second kappa shape index (κ2) is 21.4. The molecule has 6 nitrogen and oxygen atoms in total. The number of hydrogen-bond donors (Lipinski definition) is 0. The van der Waals surface area contributed by atoms with Crippen LogP contribution in [0.3, 0.4) is 0 Å². The van der Waals surface area contributed by atoms with Crippen LogP contribution in [0.4, 0.5) is 0 Å². The van der Waals surface area contributed by atoms with Crippen molar-refractivity contribution in [1.82, 2.24) is 0 Å². The second-order valence-electron chi connectivity index (χ2n) is 11.7. The van der Waals surface area contributed by atoms with Crippen molar-refractivity contribution >= 4 is 33.5 Å². The number of nitrogens with zero attached hydrogens (tertiary/aromatic N) is 2. The van der Waals surface area contributed by atoms with Crippen molar-refractivity contribution in [3.05, 3.63) is 131 Å². The second-order valence-corrected chi connectivity index (χ2v) is 13.9. The Morgan fingerprint density at radius 2 is 0.729 bits per heavy atom. The maximum absolute atomic E-state index is 10.6. The van der Waals surface area contributed by atoms with E-state index >= 15 is 0 Å². The van der Waals surface area contributed by atoms with E-state index in [4.69, 9.17) is 0 Å². The molecule has 0 bridgehead atoms. The van der Waals surface area contributed by atoms with Crippen LogP contribution >= 0.6 is 21.6 Å². The molecule has 8 heteroatoms. The third-order valence-corrected chi connectivity index (χ3v) is 11.6. The van der Waals surface area contributed by atoms with Gasteiger partial charge in [-0.05, 0) is 76.9 Å². The molecule has 0 heterocycles. The Balaban J connectivity index is 0.000000257. The van der Waals surface area contributed by atoms with Crippen LogP contribution in [0.2, 0.25) is 0 Å². The fourth-order valence-corrected chi connectivity index (χ4v) is 7.27. The summed E-state index contributed by atoms with van der Waals surface area (Å²) in [4.78, 5) is 23.0. The molecular formula is C40H52N2O4S2. The molecule has 4 aromatic carbocycles. The van der Waals surface area contributed by atoms with Gasteiger partial charge in [0.15, 0.2) is 0 Å². The summed E-state index contributed by atoms with van der Waals surface area (Å²) in [5, 5.41) is 21.2. The number of carboxylic acid groups (broad SMARTS) is 2. The van der Waals surface area contributed by atoms with Crippen molar-refractivity contribution in [2.24, 2.45) is 0 Å². The molecular weight excluding hydrogens is 637 g/mol. The molecule has 0 aliphatic rings. The number of aromatic carboxylic acids is 2. The highest BCUT2D eigenvalue weighted by Crippen LogP contribution is 2.37. The lowest BCUT2D eigenvalue weighted by Crippen LogP contribution is -2.46. The molecule has 0 aliphatic carbocycles. The van der Waals surface area contributed by atoms with Crippen LogP contribution in [0.1, 0.15) is 73.4 Å². The van der Waals surface area contributed by atoms with Gasteiger partial charge >= 0.3 is 0 Å². The van der Waals surface area contributed by atoms with Gasteiger partial charge in [-0.15, -0.1) is 0 Å². The minimum Gasteiger partial charge on any atom is -0.545 e. The first-order valence-corrected chi connectivity index (χ1v) is 19.0. The Morgan fingerprint density at radius 1 is 0.458 bits per heavy atom. The van der Waals surface area contributed by atoms with Crippen LogP contribution in [0.5, 0.6) is 0 Å². The lowest BCUT2D eigenvalue weighted by molar-refractivity contribution is -0.936. The maximum atomic E-state index is 10.6. The summed E-state index contributed by atoms with van der Waals surface area (Å²) >= 11 is 0. The van der Waals surface area contributed by atoms with Gasteiger partial charge in [0.1, 0.15) is 13.1 Å². The third-order valence-electron chi connectivity index (χ3n) is 9.16. The molecule has 0 aromatic heterocycles. The first kappa shape index (κ1) is 40.6. The SMILES string of the molecule is CC[N+](CC)(CC)Cc1ccccc1.CC[N+](CC)(CC)Cc1ccccc1.O=C([O-])c1ccc(SSc2ccc(C(=O)[O-])cc2)cc1. The van der Waals surface area contributed by atoms with Gasteiger partial charge in [0.05, 0.1) is 51.2 Å². The number of rotatable bonds is 15. The van der Waals surface area contributed by atoms with E-state index in [1.165, 1.54) is 118 Å². The molecule has 0 fully saturated rings. The van der Waals surface area contributed by atoms with Crippen molar-refractivity contribution in [2.75, 3.05) is 39.3 Å². The van der Waals surface area contributed by atoms with E-state index in [-0.39, 0.29) is 11.1 Å². The molecule has 0 radical (unpaired) electrons. The molecule has 258 valence electrons. The highest BCUT2D eigenvalue weighted by molar-refractivity contribution is 8.76. The molecule has 0 aliphatic heterocycles. The van der Waals surface area contributed by atoms with E-state index < -0.39 is 11.9 Å². The number of benzene rings is 4. The standard InChI is InChI=1S/C14H10O4S2.2C13H22N/c15-13(16)9-1-5-11(6-2-9)19-20-12-7-3-10(4-8-12)14(17)18;2*1-4-14(5-2,6-3)12-13-10-8-7-9-11-13/h1-8H,(H,15,16)(H,17,18);2*7-11H,4-6,12H2,1-3H3/q;2*+1/p-2. The number of carbonyl (C=O) groups excluding carboxylic acids is 2. The van der Waals surface area contributed by atoms with Crippen LogP contribution in [0, 0.1) is 0 Å². The van der Waals surface area contributed by atoms with Gasteiger partial charge in [-0.2, -0.15) is 0 Å². The third kappa shape index (κ3) is 13.5. The van der Waals surface area contributed by atoms with E-state index in [0.29, 0.717) is 0 Å². The molecule has 4 rings (SSSR count). The van der Waals surface area contributed by atoms with E-state index in [2.05, 4.69) is 102 Å². The summed E-state index contributed by atoms with van der Waals surface area (Å²) in [5.41, 5.74) is 3.19. The van der Waals surface area contributed by atoms with E-state index in [9.17, 15) is 19.8 Å². The van der Waals surface area contributed by atoms with Crippen molar-refractivity contribution in [3.8, 4) is 0 Å². The Labute approximate surface area is 296 Å². The molecule has 0 N–H and O–H groups in total. The average molecular weight is 689 g/mol. The quantitative estimate of drug-likeness (QED) is 0.0961. The number of carboxylic acids is 2. The molecule has 4 aromatic rings.